The fourth-order valence-electron chi connectivity index (χ4n) is 3.27. The maximum Gasteiger partial charge on any atom is 0.143 e. The van der Waals surface area contributed by atoms with E-state index in [2.05, 4.69) is 29.0 Å². The molecular weight excluding hydrogens is 292 g/mol. The predicted molar refractivity (Wildman–Crippen MR) is 88.7 cm³/mol. The average Bonchev–Trinajstić information content (AvgIpc) is 2.88. The van der Waals surface area contributed by atoms with Crippen molar-refractivity contribution in [3.63, 3.8) is 0 Å². The third-order valence-corrected chi connectivity index (χ3v) is 4.57. The smallest absolute Gasteiger partial charge is 0.143 e. The van der Waals surface area contributed by atoms with E-state index >= 15 is 0 Å². The number of ether oxygens (including phenoxy) is 1. The standard InChI is InChI=1S/C17H24N4O2/c1-10-16(15-11(2)20-23-12(15)3)18-13(4)19-17(10)21(5)14-6-8-22-9-7-14/h14H,6-9H2,1-5H3. The predicted octanol–water partition coefficient (Wildman–Crippen LogP) is 2.98. The molecular formula is C17H24N4O2. The van der Waals surface area contributed by atoms with Crippen LogP contribution in [0, 0.1) is 27.7 Å². The molecule has 1 aliphatic rings. The molecule has 0 spiro atoms. The molecule has 6 nitrogen and oxygen atoms in total. The van der Waals surface area contributed by atoms with E-state index in [-0.39, 0.29) is 0 Å². The number of aryl methyl sites for hydroxylation is 3. The molecule has 3 rings (SSSR count). The molecule has 0 atom stereocenters. The molecule has 1 fully saturated rings. The molecule has 0 bridgehead atoms. The van der Waals surface area contributed by atoms with Crippen LogP contribution in [-0.4, -0.2) is 41.4 Å². The Bertz CT molecular complexity index is 685. The summed E-state index contributed by atoms with van der Waals surface area (Å²) in [5.41, 5.74) is 3.83. The lowest BCUT2D eigenvalue weighted by Crippen LogP contribution is -2.37. The monoisotopic (exact) mass is 316 g/mol. The molecule has 2 aromatic rings. The van der Waals surface area contributed by atoms with Crippen molar-refractivity contribution >= 4 is 5.82 Å². The number of aromatic nitrogens is 3. The Balaban J connectivity index is 2.05. The minimum Gasteiger partial charge on any atom is -0.381 e. The zero-order valence-electron chi connectivity index (χ0n) is 14.5. The Morgan fingerprint density at radius 2 is 1.74 bits per heavy atom. The molecule has 2 aromatic heterocycles. The Hall–Kier alpha value is -1.95. The van der Waals surface area contributed by atoms with Crippen LogP contribution in [0.1, 0.15) is 35.7 Å². The van der Waals surface area contributed by atoms with Gasteiger partial charge in [0.1, 0.15) is 17.4 Å². The van der Waals surface area contributed by atoms with E-state index < -0.39 is 0 Å². The van der Waals surface area contributed by atoms with Crippen LogP contribution in [0.15, 0.2) is 4.52 Å². The topological polar surface area (TPSA) is 64.3 Å². The van der Waals surface area contributed by atoms with Crippen LogP contribution in [-0.2, 0) is 4.74 Å². The molecule has 124 valence electrons. The second-order valence-corrected chi connectivity index (χ2v) is 6.22. The summed E-state index contributed by atoms with van der Waals surface area (Å²) < 4.78 is 10.8. The maximum atomic E-state index is 5.47. The van der Waals surface area contributed by atoms with Crippen LogP contribution < -0.4 is 4.90 Å². The molecule has 6 heteroatoms. The van der Waals surface area contributed by atoms with E-state index in [1.165, 1.54) is 0 Å². The van der Waals surface area contributed by atoms with Gasteiger partial charge in [-0.15, -0.1) is 0 Å². The molecule has 3 heterocycles. The lowest BCUT2D eigenvalue weighted by Gasteiger charge is -2.33. The minimum absolute atomic E-state index is 0.453. The zero-order chi connectivity index (χ0) is 16.6. The zero-order valence-corrected chi connectivity index (χ0v) is 14.5. The van der Waals surface area contributed by atoms with Crippen molar-refractivity contribution in [1.29, 1.82) is 0 Å². The van der Waals surface area contributed by atoms with Crippen molar-refractivity contribution in [1.82, 2.24) is 15.1 Å². The van der Waals surface area contributed by atoms with Crippen LogP contribution in [0.25, 0.3) is 11.3 Å². The molecule has 0 aliphatic carbocycles. The van der Waals surface area contributed by atoms with Crippen molar-refractivity contribution in [2.75, 3.05) is 25.2 Å². The number of hydrogen-bond donors (Lipinski definition) is 0. The molecule has 0 radical (unpaired) electrons. The van der Waals surface area contributed by atoms with E-state index in [1.54, 1.807) is 0 Å². The van der Waals surface area contributed by atoms with E-state index in [4.69, 9.17) is 14.2 Å². The minimum atomic E-state index is 0.453. The van der Waals surface area contributed by atoms with Crippen molar-refractivity contribution < 1.29 is 9.26 Å². The average molecular weight is 316 g/mol. The first-order chi connectivity index (χ1) is 11.0. The van der Waals surface area contributed by atoms with Crippen LogP contribution in [0.2, 0.25) is 0 Å². The highest BCUT2D eigenvalue weighted by Crippen LogP contribution is 2.33. The van der Waals surface area contributed by atoms with Gasteiger partial charge < -0.3 is 14.2 Å². The van der Waals surface area contributed by atoms with Crippen molar-refractivity contribution in [2.45, 2.75) is 46.6 Å². The van der Waals surface area contributed by atoms with Crippen molar-refractivity contribution in [3.8, 4) is 11.3 Å². The first kappa shape index (κ1) is 15.9. The maximum absolute atomic E-state index is 5.47. The molecule has 0 unspecified atom stereocenters. The van der Waals surface area contributed by atoms with Gasteiger partial charge >= 0.3 is 0 Å². The normalized spacial score (nSPS) is 15.9. The second kappa shape index (κ2) is 6.28. The molecule has 0 N–H and O–H groups in total. The summed E-state index contributed by atoms with van der Waals surface area (Å²) in [4.78, 5) is 11.6. The third-order valence-electron chi connectivity index (χ3n) is 4.57. The van der Waals surface area contributed by atoms with E-state index in [1.807, 2.05) is 20.8 Å². The lowest BCUT2D eigenvalue weighted by molar-refractivity contribution is 0.0853. The van der Waals surface area contributed by atoms with Crippen LogP contribution in [0.5, 0.6) is 0 Å². The fraction of sp³-hybridized carbons (Fsp3) is 0.588. The highest BCUT2D eigenvalue weighted by molar-refractivity contribution is 5.71. The van der Waals surface area contributed by atoms with Gasteiger partial charge in [0.05, 0.1) is 17.0 Å². The Labute approximate surface area is 136 Å². The number of nitrogens with zero attached hydrogens (tertiary/aromatic N) is 4. The van der Waals surface area contributed by atoms with Crippen molar-refractivity contribution in [3.05, 3.63) is 22.8 Å². The van der Waals surface area contributed by atoms with E-state index in [9.17, 15) is 0 Å². The van der Waals surface area contributed by atoms with Gasteiger partial charge in [0, 0.05) is 31.9 Å². The van der Waals surface area contributed by atoms with Gasteiger partial charge in [0.15, 0.2) is 0 Å². The molecule has 0 saturated carbocycles. The molecule has 1 saturated heterocycles. The van der Waals surface area contributed by atoms with Crippen LogP contribution in [0.3, 0.4) is 0 Å². The summed E-state index contributed by atoms with van der Waals surface area (Å²) in [6.45, 7) is 9.51. The summed E-state index contributed by atoms with van der Waals surface area (Å²) in [6, 6.07) is 0.453. The van der Waals surface area contributed by atoms with Gasteiger partial charge in [-0.05, 0) is 40.5 Å². The SMILES string of the molecule is Cc1nc(-c2c(C)noc2C)c(C)c(N(C)C2CCOCC2)n1. The summed E-state index contributed by atoms with van der Waals surface area (Å²) >= 11 is 0. The van der Waals surface area contributed by atoms with Gasteiger partial charge in [0.25, 0.3) is 0 Å². The molecule has 23 heavy (non-hydrogen) atoms. The Kier molecular flexibility index (Phi) is 4.35. The quantitative estimate of drug-likeness (QED) is 0.867. The van der Waals surface area contributed by atoms with Gasteiger partial charge in [-0.2, -0.15) is 0 Å². The Morgan fingerprint density at radius 1 is 1.04 bits per heavy atom. The highest BCUT2D eigenvalue weighted by atomic mass is 16.5. The summed E-state index contributed by atoms with van der Waals surface area (Å²) in [6.07, 6.45) is 2.05. The van der Waals surface area contributed by atoms with E-state index in [0.29, 0.717) is 6.04 Å². The number of hydrogen-bond acceptors (Lipinski definition) is 6. The summed E-state index contributed by atoms with van der Waals surface area (Å²) in [5, 5.41) is 4.06. The molecule has 0 amide bonds. The van der Waals surface area contributed by atoms with E-state index in [0.717, 1.165) is 66.0 Å². The lowest BCUT2D eigenvalue weighted by atomic mass is 10.0. The highest BCUT2D eigenvalue weighted by Gasteiger charge is 2.24. The first-order valence-electron chi connectivity index (χ1n) is 8.08. The van der Waals surface area contributed by atoms with Gasteiger partial charge in [-0.1, -0.05) is 5.16 Å². The summed E-state index contributed by atoms with van der Waals surface area (Å²) in [7, 11) is 2.11. The van der Waals surface area contributed by atoms with Crippen molar-refractivity contribution in [2.24, 2.45) is 0 Å². The van der Waals surface area contributed by atoms with Gasteiger partial charge in [0.2, 0.25) is 0 Å². The molecule has 0 aromatic carbocycles. The van der Waals surface area contributed by atoms with Crippen LogP contribution >= 0.6 is 0 Å². The molecule has 1 aliphatic heterocycles. The summed E-state index contributed by atoms with van der Waals surface area (Å²) in [5.74, 6) is 2.54. The Morgan fingerprint density at radius 3 is 2.35 bits per heavy atom. The number of rotatable bonds is 3. The van der Waals surface area contributed by atoms with Crippen LogP contribution in [0.4, 0.5) is 5.82 Å². The number of anilines is 1. The van der Waals surface area contributed by atoms with Gasteiger partial charge in [-0.25, -0.2) is 9.97 Å². The fourth-order valence-corrected chi connectivity index (χ4v) is 3.27. The first-order valence-corrected chi connectivity index (χ1v) is 8.08. The second-order valence-electron chi connectivity index (χ2n) is 6.22. The van der Waals surface area contributed by atoms with Gasteiger partial charge in [-0.3, -0.25) is 0 Å². The third kappa shape index (κ3) is 2.95. The largest absolute Gasteiger partial charge is 0.381 e.